The van der Waals surface area contributed by atoms with Gasteiger partial charge < -0.3 is 5.32 Å². The summed E-state index contributed by atoms with van der Waals surface area (Å²) < 4.78 is 0. The number of carbonyl (C=O) groups is 3. The van der Waals surface area contributed by atoms with Crippen LogP contribution in [0.2, 0.25) is 0 Å². The first-order valence-electron chi connectivity index (χ1n) is 13.9. The lowest BCUT2D eigenvalue weighted by atomic mass is 9.84. The lowest BCUT2D eigenvalue weighted by Gasteiger charge is -2.18. The van der Waals surface area contributed by atoms with Crippen molar-refractivity contribution in [2.75, 3.05) is 5.32 Å². The molecule has 4 heteroatoms. The van der Waals surface area contributed by atoms with E-state index in [9.17, 15) is 14.4 Å². The maximum atomic E-state index is 12.9. The topological polar surface area (TPSA) is 63.2 Å². The van der Waals surface area contributed by atoms with Crippen molar-refractivity contribution in [1.82, 2.24) is 0 Å². The highest BCUT2D eigenvalue weighted by molar-refractivity contribution is 6.28. The number of ketones is 2. The first-order valence-corrected chi connectivity index (χ1v) is 13.9. The fourth-order valence-corrected chi connectivity index (χ4v) is 4.76. The SMILES string of the molecule is CCCCCCCC/C=C/CCCCCCCC(=O)Nc1ccc2c(c1)C(=O)c1ccccc1C2=O. The quantitative estimate of drug-likeness (QED) is 0.163. The summed E-state index contributed by atoms with van der Waals surface area (Å²) in [6.45, 7) is 2.26. The van der Waals surface area contributed by atoms with E-state index < -0.39 is 0 Å². The Morgan fingerprint density at radius 2 is 1.19 bits per heavy atom. The second kappa shape index (κ2) is 15.2. The Balaban J connectivity index is 1.28. The van der Waals surface area contributed by atoms with E-state index >= 15 is 0 Å². The third-order valence-electron chi connectivity index (χ3n) is 6.87. The fraction of sp³-hybridized carbons (Fsp3) is 0.469. The number of allylic oxidation sites excluding steroid dienone is 2. The molecule has 0 aromatic heterocycles. The summed E-state index contributed by atoms with van der Waals surface area (Å²) in [6.07, 6.45) is 21.1. The second-order valence-electron chi connectivity index (χ2n) is 9.85. The number of hydrogen-bond acceptors (Lipinski definition) is 3. The zero-order chi connectivity index (χ0) is 25.6. The molecule has 0 aliphatic heterocycles. The zero-order valence-electron chi connectivity index (χ0n) is 21.8. The van der Waals surface area contributed by atoms with Gasteiger partial charge in [0, 0.05) is 34.4 Å². The first-order chi connectivity index (χ1) is 17.6. The standard InChI is InChI=1S/C32H41NO3/c1-2-3-4-5-6-7-8-9-10-11-12-13-14-15-16-21-30(34)33-25-22-23-28-29(24-25)32(36)27-20-18-17-19-26(27)31(28)35/h9-10,17-20,22-24H,2-8,11-16,21H2,1H3,(H,33,34)/b10-9+. The Morgan fingerprint density at radius 3 is 1.83 bits per heavy atom. The van der Waals surface area contributed by atoms with Crippen molar-refractivity contribution in [2.24, 2.45) is 0 Å². The Morgan fingerprint density at radius 1 is 0.667 bits per heavy atom. The molecule has 2 aromatic carbocycles. The van der Waals surface area contributed by atoms with Crippen molar-refractivity contribution in [1.29, 1.82) is 0 Å². The Hall–Kier alpha value is -3.01. The number of anilines is 1. The molecule has 0 saturated carbocycles. The van der Waals surface area contributed by atoms with Crippen LogP contribution in [0.15, 0.2) is 54.6 Å². The number of benzene rings is 2. The first kappa shape index (κ1) is 27.6. The molecule has 0 fully saturated rings. The van der Waals surface area contributed by atoms with Crippen molar-refractivity contribution >= 4 is 23.2 Å². The zero-order valence-corrected chi connectivity index (χ0v) is 21.8. The van der Waals surface area contributed by atoms with E-state index in [4.69, 9.17) is 0 Å². The average molecular weight is 488 g/mol. The van der Waals surface area contributed by atoms with Gasteiger partial charge in [-0.15, -0.1) is 0 Å². The number of carbonyl (C=O) groups excluding carboxylic acids is 3. The number of nitrogens with one attached hydrogen (secondary N) is 1. The number of rotatable bonds is 16. The highest BCUT2D eigenvalue weighted by Gasteiger charge is 2.29. The van der Waals surface area contributed by atoms with Crippen LogP contribution in [0.25, 0.3) is 0 Å². The molecule has 0 atom stereocenters. The van der Waals surface area contributed by atoms with Crippen LogP contribution in [0.4, 0.5) is 5.69 Å². The van der Waals surface area contributed by atoms with Crippen molar-refractivity contribution in [3.63, 3.8) is 0 Å². The van der Waals surface area contributed by atoms with Crippen LogP contribution in [0.3, 0.4) is 0 Å². The number of amides is 1. The van der Waals surface area contributed by atoms with Gasteiger partial charge in [-0.25, -0.2) is 0 Å². The maximum absolute atomic E-state index is 12.9. The van der Waals surface area contributed by atoms with Crippen LogP contribution in [-0.4, -0.2) is 17.5 Å². The predicted molar refractivity (Wildman–Crippen MR) is 148 cm³/mol. The molecule has 0 spiro atoms. The van der Waals surface area contributed by atoms with Crippen LogP contribution in [0, 0.1) is 0 Å². The van der Waals surface area contributed by atoms with Crippen molar-refractivity contribution < 1.29 is 14.4 Å². The van der Waals surface area contributed by atoms with Crippen LogP contribution in [0.5, 0.6) is 0 Å². The average Bonchev–Trinajstić information content (AvgIpc) is 2.89. The molecule has 1 amide bonds. The van der Waals surface area contributed by atoms with Crippen LogP contribution >= 0.6 is 0 Å². The molecular weight excluding hydrogens is 446 g/mol. The smallest absolute Gasteiger partial charge is 0.224 e. The van der Waals surface area contributed by atoms with Crippen LogP contribution in [-0.2, 0) is 4.79 Å². The fourth-order valence-electron chi connectivity index (χ4n) is 4.76. The molecule has 4 nitrogen and oxygen atoms in total. The number of fused-ring (bicyclic) bond motifs is 2. The molecular formula is C32H41NO3. The molecule has 0 saturated heterocycles. The molecule has 1 N–H and O–H groups in total. The molecule has 1 aliphatic carbocycles. The minimum atomic E-state index is -0.173. The van der Waals surface area contributed by atoms with Gasteiger partial charge in [0.05, 0.1) is 0 Å². The molecule has 2 aromatic rings. The second-order valence-corrected chi connectivity index (χ2v) is 9.85. The molecule has 0 unspecified atom stereocenters. The third kappa shape index (κ3) is 8.29. The van der Waals surface area contributed by atoms with Gasteiger partial charge in [-0.2, -0.15) is 0 Å². The lowest BCUT2D eigenvalue weighted by Crippen LogP contribution is -2.21. The van der Waals surface area contributed by atoms with Gasteiger partial charge in [0.2, 0.25) is 5.91 Å². The van der Waals surface area contributed by atoms with Crippen molar-refractivity contribution in [2.45, 2.75) is 96.8 Å². The Labute approximate surface area is 216 Å². The highest BCUT2D eigenvalue weighted by atomic mass is 16.2. The number of unbranched alkanes of at least 4 members (excludes halogenated alkanes) is 11. The number of hydrogen-bond donors (Lipinski definition) is 1. The van der Waals surface area contributed by atoms with Gasteiger partial charge in [0.15, 0.2) is 11.6 Å². The summed E-state index contributed by atoms with van der Waals surface area (Å²) in [5, 5.41) is 2.89. The van der Waals surface area contributed by atoms with E-state index in [1.54, 1.807) is 42.5 Å². The summed E-state index contributed by atoms with van der Waals surface area (Å²) in [4.78, 5) is 37.9. The molecule has 36 heavy (non-hydrogen) atoms. The lowest BCUT2D eigenvalue weighted by molar-refractivity contribution is -0.116. The summed E-state index contributed by atoms with van der Waals surface area (Å²) in [5.74, 6) is -0.373. The van der Waals surface area contributed by atoms with E-state index in [1.807, 2.05) is 0 Å². The van der Waals surface area contributed by atoms with E-state index in [1.165, 1.54) is 57.8 Å². The highest BCUT2D eigenvalue weighted by Crippen LogP contribution is 2.29. The van der Waals surface area contributed by atoms with Gasteiger partial charge in [0.25, 0.3) is 0 Å². The largest absolute Gasteiger partial charge is 0.326 e. The Kier molecular flexibility index (Phi) is 11.6. The van der Waals surface area contributed by atoms with Gasteiger partial charge in [-0.1, -0.05) is 94.7 Å². The molecule has 3 rings (SSSR count). The van der Waals surface area contributed by atoms with E-state index in [2.05, 4.69) is 24.4 Å². The van der Waals surface area contributed by atoms with Gasteiger partial charge in [-0.05, 0) is 50.3 Å². The normalized spacial score (nSPS) is 12.6. The molecule has 0 radical (unpaired) electrons. The summed E-state index contributed by atoms with van der Waals surface area (Å²) in [5.41, 5.74) is 2.18. The summed E-state index contributed by atoms with van der Waals surface area (Å²) in [6, 6.07) is 11.9. The third-order valence-corrected chi connectivity index (χ3v) is 6.87. The molecule has 1 aliphatic rings. The summed E-state index contributed by atoms with van der Waals surface area (Å²) in [7, 11) is 0. The van der Waals surface area contributed by atoms with Gasteiger partial charge >= 0.3 is 0 Å². The van der Waals surface area contributed by atoms with Crippen molar-refractivity contribution in [3.8, 4) is 0 Å². The molecule has 0 bridgehead atoms. The molecule has 0 heterocycles. The van der Waals surface area contributed by atoms with E-state index in [0.29, 0.717) is 34.4 Å². The van der Waals surface area contributed by atoms with E-state index in [-0.39, 0.29) is 17.5 Å². The van der Waals surface area contributed by atoms with Gasteiger partial charge in [0.1, 0.15) is 0 Å². The van der Waals surface area contributed by atoms with Gasteiger partial charge in [-0.3, -0.25) is 14.4 Å². The predicted octanol–water partition coefficient (Wildman–Crippen LogP) is 8.44. The Bertz CT molecular complexity index is 1050. The molecule has 192 valence electrons. The van der Waals surface area contributed by atoms with E-state index in [0.717, 1.165) is 25.7 Å². The minimum absolute atomic E-state index is 0.0532. The van der Waals surface area contributed by atoms with Crippen LogP contribution in [0.1, 0.15) is 129 Å². The van der Waals surface area contributed by atoms with Crippen molar-refractivity contribution in [3.05, 3.63) is 76.9 Å². The maximum Gasteiger partial charge on any atom is 0.224 e. The monoisotopic (exact) mass is 487 g/mol. The summed E-state index contributed by atoms with van der Waals surface area (Å²) >= 11 is 0. The van der Waals surface area contributed by atoms with Crippen LogP contribution < -0.4 is 5.32 Å². The minimum Gasteiger partial charge on any atom is -0.326 e.